The molecule has 0 aromatic carbocycles. The molecular weight excluding hydrogens is 261 g/mol. The highest BCUT2D eigenvalue weighted by Gasteiger charge is 2.51. The summed E-state index contributed by atoms with van der Waals surface area (Å²) in [6.45, 7) is -0.0728. The molecule has 1 aromatic heterocycles. The monoisotopic (exact) mass is 274 g/mol. The third-order valence-electron chi connectivity index (χ3n) is 3.09. The van der Waals surface area contributed by atoms with Gasteiger partial charge in [-0.05, 0) is 7.05 Å². The molecule has 1 fully saturated rings. The van der Waals surface area contributed by atoms with Gasteiger partial charge in [-0.3, -0.25) is 4.79 Å². The number of nitrogens with one attached hydrogen (secondary N) is 1. The van der Waals surface area contributed by atoms with E-state index in [0.29, 0.717) is 5.69 Å². The number of aromatic nitrogens is 2. The van der Waals surface area contributed by atoms with Crippen molar-refractivity contribution in [3.05, 3.63) is 18.7 Å². The van der Waals surface area contributed by atoms with Crippen molar-refractivity contribution in [3.8, 4) is 0 Å². The number of likely N-dealkylation sites (tertiary alicyclic amines) is 1. The zero-order valence-electron chi connectivity index (χ0n) is 10.2. The van der Waals surface area contributed by atoms with Crippen LogP contribution in [-0.2, 0) is 4.79 Å². The lowest BCUT2D eigenvalue weighted by Crippen LogP contribution is -2.36. The minimum atomic E-state index is -4.38. The zero-order valence-corrected chi connectivity index (χ0v) is 10.2. The van der Waals surface area contributed by atoms with Crippen molar-refractivity contribution in [1.82, 2.24) is 14.9 Å². The number of carbonyl (C=O) groups is 1. The van der Waals surface area contributed by atoms with E-state index in [4.69, 9.17) is 0 Å². The van der Waals surface area contributed by atoms with Gasteiger partial charge in [0.2, 0.25) is 5.91 Å². The second-order valence-corrected chi connectivity index (χ2v) is 4.59. The fraction of sp³-hybridized carbons (Fsp3) is 0.545. The van der Waals surface area contributed by atoms with Gasteiger partial charge in [-0.2, -0.15) is 13.2 Å². The highest BCUT2D eigenvalue weighted by Crippen LogP contribution is 2.37. The first-order chi connectivity index (χ1) is 8.88. The fourth-order valence-corrected chi connectivity index (χ4v) is 2.20. The molecule has 19 heavy (non-hydrogen) atoms. The van der Waals surface area contributed by atoms with Crippen LogP contribution < -0.4 is 5.32 Å². The van der Waals surface area contributed by atoms with Crippen molar-refractivity contribution in [3.63, 3.8) is 0 Å². The van der Waals surface area contributed by atoms with Crippen LogP contribution in [-0.4, -0.2) is 47.1 Å². The zero-order chi connectivity index (χ0) is 14.0. The lowest BCUT2D eigenvalue weighted by atomic mass is 9.94. The molecule has 8 heteroatoms. The van der Waals surface area contributed by atoms with Gasteiger partial charge in [0.25, 0.3) is 0 Å². The summed E-state index contributed by atoms with van der Waals surface area (Å²) in [7, 11) is 1.57. The number of alkyl halides is 3. The van der Waals surface area contributed by atoms with Crippen LogP contribution in [0.4, 0.5) is 18.9 Å². The van der Waals surface area contributed by atoms with Gasteiger partial charge in [0.05, 0.1) is 29.9 Å². The molecular formula is C11H13F3N4O. The minimum Gasteiger partial charge on any atom is -0.323 e. The lowest BCUT2D eigenvalue weighted by molar-refractivity contribution is -0.182. The third kappa shape index (κ3) is 3.19. The summed E-state index contributed by atoms with van der Waals surface area (Å²) in [6.07, 6.45) is -0.421. The Kier molecular flexibility index (Phi) is 3.70. The SMILES string of the molecule is CN1C[C@@H](C(F)(F)F)[C@H](C(=O)Nc2cncnc2)C1. The maximum absolute atomic E-state index is 12.9. The van der Waals surface area contributed by atoms with Crippen LogP contribution in [0.25, 0.3) is 0 Å². The van der Waals surface area contributed by atoms with E-state index in [2.05, 4.69) is 15.3 Å². The molecule has 1 saturated heterocycles. The molecule has 1 aromatic rings. The maximum Gasteiger partial charge on any atom is 0.393 e. The summed E-state index contributed by atoms with van der Waals surface area (Å²) in [6, 6.07) is 0. The van der Waals surface area contributed by atoms with Crippen molar-refractivity contribution in [2.24, 2.45) is 11.8 Å². The molecule has 0 bridgehead atoms. The molecule has 1 amide bonds. The van der Waals surface area contributed by atoms with E-state index in [1.807, 2.05) is 0 Å². The minimum absolute atomic E-state index is 0.0870. The predicted octanol–water partition coefficient (Wildman–Crippen LogP) is 1.16. The summed E-state index contributed by atoms with van der Waals surface area (Å²) >= 11 is 0. The quantitative estimate of drug-likeness (QED) is 0.879. The lowest BCUT2D eigenvalue weighted by Gasteiger charge is -2.20. The average molecular weight is 274 g/mol. The van der Waals surface area contributed by atoms with Gasteiger partial charge in [-0.1, -0.05) is 0 Å². The number of anilines is 1. The van der Waals surface area contributed by atoms with Crippen molar-refractivity contribution in [2.75, 3.05) is 25.5 Å². The van der Waals surface area contributed by atoms with Crippen molar-refractivity contribution >= 4 is 11.6 Å². The van der Waals surface area contributed by atoms with Gasteiger partial charge in [0.1, 0.15) is 6.33 Å². The van der Waals surface area contributed by atoms with Crippen molar-refractivity contribution in [1.29, 1.82) is 0 Å². The Hall–Kier alpha value is -1.70. The number of halogens is 3. The van der Waals surface area contributed by atoms with Crippen molar-refractivity contribution in [2.45, 2.75) is 6.18 Å². The highest BCUT2D eigenvalue weighted by molar-refractivity contribution is 5.92. The van der Waals surface area contributed by atoms with Crippen LogP contribution in [0.5, 0.6) is 0 Å². The number of carbonyl (C=O) groups excluding carboxylic acids is 1. The summed E-state index contributed by atoms with van der Waals surface area (Å²) in [5.74, 6) is -3.39. The number of hydrogen-bond acceptors (Lipinski definition) is 4. The van der Waals surface area contributed by atoms with E-state index < -0.39 is 23.9 Å². The van der Waals surface area contributed by atoms with E-state index >= 15 is 0 Å². The van der Waals surface area contributed by atoms with Gasteiger partial charge in [0.15, 0.2) is 0 Å². The van der Waals surface area contributed by atoms with Gasteiger partial charge >= 0.3 is 6.18 Å². The Labute approximate surface area is 107 Å². The Morgan fingerprint density at radius 2 is 2.00 bits per heavy atom. The van der Waals surface area contributed by atoms with Crippen LogP contribution in [0.15, 0.2) is 18.7 Å². The van der Waals surface area contributed by atoms with Gasteiger partial charge in [-0.25, -0.2) is 9.97 Å². The van der Waals surface area contributed by atoms with Gasteiger partial charge in [0, 0.05) is 13.1 Å². The second-order valence-electron chi connectivity index (χ2n) is 4.59. The van der Waals surface area contributed by atoms with E-state index in [-0.39, 0.29) is 13.1 Å². The first-order valence-electron chi connectivity index (χ1n) is 5.69. The van der Waals surface area contributed by atoms with E-state index in [9.17, 15) is 18.0 Å². The van der Waals surface area contributed by atoms with Gasteiger partial charge in [-0.15, -0.1) is 0 Å². The Balaban J connectivity index is 2.09. The third-order valence-corrected chi connectivity index (χ3v) is 3.09. The number of nitrogens with zero attached hydrogens (tertiary/aromatic N) is 3. The predicted molar refractivity (Wildman–Crippen MR) is 61.2 cm³/mol. The summed E-state index contributed by atoms with van der Waals surface area (Å²) in [5.41, 5.74) is 0.294. The highest BCUT2D eigenvalue weighted by atomic mass is 19.4. The molecule has 0 radical (unpaired) electrons. The molecule has 2 rings (SSSR count). The summed E-state index contributed by atoms with van der Waals surface area (Å²) in [5, 5.41) is 2.42. The topological polar surface area (TPSA) is 58.1 Å². The van der Waals surface area contributed by atoms with E-state index in [0.717, 1.165) is 0 Å². The van der Waals surface area contributed by atoms with Gasteiger partial charge < -0.3 is 10.2 Å². The average Bonchev–Trinajstić information content (AvgIpc) is 2.72. The normalized spacial score (nSPS) is 24.4. The van der Waals surface area contributed by atoms with Crippen LogP contribution in [0.3, 0.4) is 0 Å². The first-order valence-corrected chi connectivity index (χ1v) is 5.69. The van der Waals surface area contributed by atoms with Crippen LogP contribution in [0.2, 0.25) is 0 Å². The van der Waals surface area contributed by atoms with Crippen LogP contribution in [0, 0.1) is 11.8 Å². The molecule has 1 aliphatic rings. The molecule has 1 aliphatic heterocycles. The largest absolute Gasteiger partial charge is 0.393 e. The molecule has 104 valence electrons. The Morgan fingerprint density at radius 3 is 2.58 bits per heavy atom. The van der Waals surface area contributed by atoms with E-state index in [1.54, 1.807) is 7.05 Å². The molecule has 1 N–H and O–H groups in total. The summed E-state index contributed by atoms with van der Waals surface area (Å²) in [4.78, 5) is 20.8. The van der Waals surface area contributed by atoms with Crippen LogP contribution >= 0.6 is 0 Å². The molecule has 5 nitrogen and oxygen atoms in total. The smallest absolute Gasteiger partial charge is 0.323 e. The number of amides is 1. The van der Waals surface area contributed by atoms with Crippen LogP contribution in [0.1, 0.15) is 0 Å². The summed E-state index contributed by atoms with van der Waals surface area (Å²) < 4.78 is 38.6. The standard InChI is InChI=1S/C11H13F3N4O/c1-18-4-8(9(5-18)11(12,13)14)10(19)17-7-2-15-6-16-3-7/h2-3,6,8-9H,4-5H2,1H3,(H,17,19)/t8-,9-/m1/s1. The first kappa shape index (κ1) is 13.7. The maximum atomic E-state index is 12.9. The van der Waals surface area contributed by atoms with Crippen molar-refractivity contribution < 1.29 is 18.0 Å². The molecule has 2 heterocycles. The molecule has 0 saturated carbocycles. The second kappa shape index (κ2) is 5.12. The number of hydrogen-bond donors (Lipinski definition) is 1. The molecule has 0 spiro atoms. The Bertz CT molecular complexity index is 451. The molecule has 0 aliphatic carbocycles. The fourth-order valence-electron chi connectivity index (χ4n) is 2.20. The number of rotatable bonds is 2. The molecule has 2 atom stereocenters. The molecule has 0 unspecified atom stereocenters. The van der Waals surface area contributed by atoms with E-state index in [1.165, 1.54) is 23.6 Å². The Morgan fingerprint density at radius 1 is 1.37 bits per heavy atom.